The largest absolute Gasteiger partial charge is 0.462 e. The van der Waals surface area contributed by atoms with Gasteiger partial charge in [0.05, 0.1) is 30.8 Å². The monoisotopic (exact) mass is 592 g/mol. The summed E-state index contributed by atoms with van der Waals surface area (Å²) in [5.41, 5.74) is -1.50. The molecule has 0 aromatic heterocycles. The molecule has 14 atom stereocenters. The molecule has 0 aromatic carbocycles. The lowest BCUT2D eigenvalue weighted by Crippen LogP contribution is -2.64. The van der Waals surface area contributed by atoms with Crippen LogP contribution in [-0.2, 0) is 38.0 Å². The van der Waals surface area contributed by atoms with Crippen LogP contribution in [0.15, 0.2) is 0 Å². The van der Waals surface area contributed by atoms with Gasteiger partial charge >= 0.3 is 11.9 Å². The molecule has 236 valence electrons. The minimum atomic E-state index is -0.929. The number of carbonyl (C=O) groups is 2. The van der Waals surface area contributed by atoms with E-state index in [2.05, 4.69) is 6.92 Å². The number of ether oxygens (including phenoxy) is 6. The highest BCUT2D eigenvalue weighted by molar-refractivity contribution is 5.73. The van der Waals surface area contributed by atoms with Crippen LogP contribution < -0.4 is 0 Å². The van der Waals surface area contributed by atoms with Gasteiger partial charge in [0.25, 0.3) is 0 Å². The fraction of sp³-hybridized carbons (Fsp3) is 0.938. The van der Waals surface area contributed by atoms with Crippen molar-refractivity contribution in [2.45, 2.75) is 133 Å². The molecular formula is C32H48O10. The van der Waals surface area contributed by atoms with Crippen LogP contribution in [0.4, 0.5) is 0 Å². The van der Waals surface area contributed by atoms with Crippen molar-refractivity contribution in [1.82, 2.24) is 0 Å². The summed E-state index contributed by atoms with van der Waals surface area (Å²) in [6.45, 7) is 6.41. The molecule has 2 spiro atoms. The molecule has 2 N–H and O–H groups in total. The summed E-state index contributed by atoms with van der Waals surface area (Å²) in [5.74, 6) is 0.641. The Morgan fingerprint density at radius 2 is 1.83 bits per heavy atom. The lowest BCUT2D eigenvalue weighted by molar-refractivity contribution is -0.315. The van der Waals surface area contributed by atoms with Crippen molar-refractivity contribution in [3.8, 4) is 0 Å². The van der Waals surface area contributed by atoms with Gasteiger partial charge in [0, 0.05) is 25.4 Å². The highest BCUT2D eigenvalue weighted by Crippen LogP contribution is 2.73. The molecule has 0 aromatic rings. The normalized spacial score (nSPS) is 55.0. The van der Waals surface area contributed by atoms with Gasteiger partial charge in [0.1, 0.15) is 24.4 Å². The number of aliphatic hydroxyl groups is 2. The molecule has 10 heteroatoms. The Hall–Kier alpha value is -1.30. The van der Waals surface area contributed by atoms with Crippen LogP contribution in [-0.4, -0.2) is 90.5 Å². The van der Waals surface area contributed by atoms with Gasteiger partial charge in [-0.3, -0.25) is 9.59 Å². The predicted octanol–water partition coefficient (Wildman–Crippen LogP) is 2.89. The van der Waals surface area contributed by atoms with Crippen molar-refractivity contribution in [1.29, 1.82) is 0 Å². The van der Waals surface area contributed by atoms with E-state index in [1.807, 2.05) is 0 Å². The van der Waals surface area contributed by atoms with Crippen molar-refractivity contribution < 1.29 is 48.2 Å². The van der Waals surface area contributed by atoms with Crippen LogP contribution in [0, 0.1) is 34.5 Å². The average Bonchev–Trinajstić information content (AvgIpc) is 3.58. The molecule has 0 bridgehead atoms. The summed E-state index contributed by atoms with van der Waals surface area (Å²) < 4.78 is 35.5. The first-order valence-electron chi connectivity index (χ1n) is 16.2. The van der Waals surface area contributed by atoms with Crippen LogP contribution in [0.2, 0.25) is 0 Å². The summed E-state index contributed by atoms with van der Waals surface area (Å²) in [6, 6.07) is 0. The van der Waals surface area contributed by atoms with Gasteiger partial charge in [-0.25, -0.2) is 0 Å². The molecule has 10 nitrogen and oxygen atoms in total. The fourth-order valence-corrected chi connectivity index (χ4v) is 11.3. The number of hydrogen-bond acceptors (Lipinski definition) is 10. The number of fused-ring (bicyclic) bond motifs is 5. The Labute approximate surface area is 248 Å². The molecule has 0 radical (unpaired) electrons. The SMILES string of the molecule is CO[C@@H]1[C@@H](O)[C@H](C)O[C@@H](O[C@@H]2CC[C@@]3(C)[C@H](CC[C@@H]4[C@@H]3CC[C@]35CO[C@]6(COC(=O)C6)[C@H]3CC[C@]45O)C2)[C@H]1OC(C)=O. The number of cyclic esters (lactones) is 1. The molecule has 7 aliphatic rings. The van der Waals surface area contributed by atoms with Gasteiger partial charge in [-0.05, 0) is 87.9 Å². The fourth-order valence-electron chi connectivity index (χ4n) is 11.3. The van der Waals surface area contributed by atoms with Gasteiger partial charge in [-0.2, -0.15) is 0 Å². The molecule has 0 unspecified atom stereocenters. The zero-order valence-corrected chi connectivity index (χ0v) is 25.4. The van der Waals surface area contributed by atoms with Gasteiger partial charge in [-0.15, -0.1) is 0 Å². The maximum atomic E-state index is 12.6. The Morgan fingerprint density at radius 1 is 1.02 bits per heavy atom. The van der Waals surface area contributed by atoms with E-state index in [9.17, 15) is 19.8 Å². The second kappa shape index (κ2) is 10.1. The van der Waals surface area contributed by atoms with Crippen LogP contribution in [0.3, 0.4) is 0 Å². The second-order valence-electron chi connectivity index (χ2n) is 14.9. The molecule has 42 heavy (non-hydrogen) atoms. The third kappa shape index (κ3) is 4.04. The smallest absolute Gasteiger partial charge is 0.308 e. The minimum Gasteiger partial charge on any atom is -0.462 e. The Morgan fingerprint density at radius 3 is 2.55 bits per heavy atom. The van der Waals surface area contributed by atoms with Gasteiger partial charge in [0.15, 0.2) is 12.4 Å². The van der Waals surface area contributed by atoms with Crippen LogP contribution in [0.25, 0.3) is 0 Å². The lowest BCUT2D eigenvalue weighted by atomic mass is 9.43. The molecule has 4 aliphatic carbocycles. The van der Waals surface area contributed by atoms with Gasteiger partial charge < -0.3 is 38.6 Å². The first kappa shape index (κ1) is 29.4. The third-order valence-corrected chi connectivity index (χ3v) is 13.3. The maximum Gasteiger partial charge on any atom is 0.308 e. The highest BCUT2D eigenvalue weighted by Gasteiger charge is 2.76. The molecular weight excluding hydrogens is 544 g/mol. The van der Waals surface area contributed by atoms with E-state index in [4.69, 9.17) is 28.4 Å². The van der Waals surface area contributed by atoms with E-state index < -0.39 is 47.9 Å². The summed E-state index contributed by atoms with van der Waals surface area (Å²) in [4.78, 5) is 24.0. The molecule has 4 saturated carbocycles. The van der Waals surface area contributed by atoms with E-state index in [1.54, 1.807) is 6.92 Å². The molecule has 3 aliphatic heterocycles. The van der Waals surface area contributed by atoms with Crippen molar-refractivity contribution in [3.63, 3.8) is 0 Å². The quantitative estimate of drug-likeness (QED) is 0.371. The van der Waals surface area contributed by atoms with Crippen LogP contribution >= 0.6 is 0 Å². The third-order valence-electron chi connectivity index (χ3n) is 13.3. The summed E-state index contributed by atoms with van der Waals surface area (Å²) >= 11 is 0. The van der Waals surface area contributed by atoms with Crippen molar-refractivity contribution in [3.05, 3.63) is 0 Å². The maximum absolute atomic E-state index is 12.6. The van der Waals surface area contributed by atoms with Crippen molar-refractivity contribution in [2.75, 3.05) is 20.3 Å². The summed E-state index contributed by atoms with van der Waals surface area (Å²) in [7, 11) is 1.50. The summed E-state index contributed by atoms with van der Waals surface area (Å²) in [5, 5.41) is 23.2. The van der Waals surface area contributed by atoms with E-state index in [-0.39, 0.29) is 34.7 Å². The standard InChI is InChI=1S/C32H48O10/c1-17-25(35)26(37-4)27(41-18(2)33)28(40-17)42-20-7-10-29(3)19(13-20)5-6-22-21(29)8-11-30-15-39-31(14-24(34)38-16-31)23(30)9-12-32(22,30)36/h17,19-23,25-28,35-36H,5-16H2,1-4H3/t17-,19+,20+,21-,22+,23-,25-,26+,27-,28-,29-,30-,31+,32-/m0/s1. The number of methoxy groups -OCH3 is 1. The number of carbonyl (C=O) groups excluding carboxylic acids is 2. The predicted molar refractivity (Wildman–Crippen MR) is 147 cm³/mol. The Kier molecular flexibility index (Phi) is 7.08. The summed E-state index contributed by atoms with van der Waals surface area (Å²) in [6.07, 6.45) is 4.86. The van der Waals surface area contributed by atoms with E-state index in [1.165, 1.54) is 14.0 Å². The zero-order valence-electron chi connectivity index (χ0n) is 25.4. The Balaban J connectivity index is 1.06. The highest BCUT2D eigenvalue weighted by atomic mass is 16.7. The zero-order chi connectivity index (χ0) is 29.7. The number of rotatable bonds is 4. The average molecular weight is 593 g/mol. The second-order valence-corrected chi connectivity index (χ2v) is 14.9. The molecule has 7 fully saturated rings. The first-order chi connectivity index (χ1) is 20.0. The molecule has 3 heterocycles. The van der Waals surface area contributed by atoms with Crippen LogP contribution in [0.1, 0.15) is 85.0 Å². The topological polar surface area (TPSA) is 130 Å². The van der Waals surface area contributed by atoms with Crippen molar-refractivity contribution in [2.24, 2.45) is 34.5 Å². The number of aliphatic hydroxyl groups excluding tert-OH is 1. The molecule has 7 rings (SSSR count). The van der Waals surface area contributed by atoms with Gasteiger partial charge in [0.2, 0.25) is 0 Å². The van der Waals surface area contributed by atoms with Crippen LogP contribution in [0.5, 0.6) is 0 Å². The first-order valence-corrected chi connectivity index (χ1v) is 16.2. The molecule has 3 saturated heterocycles. The number of hydrogen-bond donors (Lipinski definition) is 2. The van der Waals surface area contributed by atoms with E-state index in [0.717, 1.165) is 57.8 Å². The minimum absolute atomic E-state index is 0.0560. The van der Waals surface area contributed by atoms with Gasteiger partial charge in [-0.1, -0.05) is 6.92 Å². The van der Waals surface area contributed by atoms with E-state index in [0.29, 0.717) is 31.5 Å². The Bertz CT molecular complexity index is 1100. The van der Waals surface area contributed by atoms with E-state index >= 15 is 0 Å². The number of esters is 2. The lowest BCUT2D eigenvalue weighted by Gasteiger charge is -2.63. The van der Waals surface area contributed by atoms with Crippen molar-refractivity contribution >= 4 is 11.9 Å². The molecule has 0 amide bonds.